The lowest BCUT2D eigenvalue weighted by molar-refractivity contribution is 0.0666. The van der Waals surface area contributed by atoms with E-state index >= 15 is 0 Å². The molecule has 0 bridgehead atoms. The molecule has 7 nitrogen and oxygen atoms in total. The van der Waals surface area contributed by atoms with Crippen LogP contribution in [0.2, 0.25) is 5.02 Å². The molecule has 3 heterocycles. The van der Waals surface area contributed by atoms with Crippen LogP contribution in [0.15, 0.2) is 18.9 Å². The molecule has 1 atom stereocenters. The second-order valence-corrected chi connectivity index (χ2v) is 5.44. The largest absolute Gasteiger partial charge is 0.335 e. The lowest BCUT2D eigenvalue weighted by Crippen LogP contribution is -2.41. The van der Waals surface area contributed by atoms with Gasteiger partial charge in [0.2, 0.25) is 0 Å². The van der Waals surface area contributed by atoms with Gasteiger partial charge in [0.15, 0.2) is 5.69 Å². The van der Waals surface area contributed by atoms with Crippen LogP contribution in [0.4, 0.5) is 0 Å². The van der Waals surface area contributed by atoms with E-state index in [4.69, 9.17) is 11.6 Å². The second-order valence-electron chi connectivity index (χ2n) is 5.04. The van der Waals surface area contributed by atoms with Crippen molar-refractivity contribution in [3.63, 3.8) is 0 Å². The van der Waals surface area contributed by atoms with Gasteiger partial charge in [-0.1, -0.05) is 11.6 Å². The molecule has 0 aliphatic carbocycles. The molecule has 0 unspecified atom stereocenters. The predicted molar refractivity (Wildman–Crippen MR) is 76.0 cm³/mol. The molecule has 1 saturated heterocycles. The third-order valence-electron chi connectivity index (χ3n) is 3.56. The van der Waals surface area contributed by atoms with E-state index in [2.05, 4.69) is 20.1 Å². The molecule has 0 N–H and O–H groups in total. The minimum atomic E-state index is -0.157. The molecule has 21 heavy (non-hydrogen) atoms. The number of halogens is 1. The fraction of sp³-hybridized carbons (Fsp3) is 0.462. The monoisotopic (exact) mass is 306 g/mol. The summed E-state index contributed by atoms with van der Waals surface area (Å²) in [7, 11) is 0. The average molecular weight is 307 g/mol. The standard InChI is InChI=1S/C13H15ClN6O/c1-9-16-5-11(14)12(18-9)13(21)19-4-2-3-10(6-19)20-8-15-7-17-20/h5,7-8,10H,2-4,6H2,1H3/t10-/m1/s1. The molecule has 1 aliphatic rings. The van der Waals surface area contributed by atoms with E-state index in [0.717, 1.165) is 12.8 Å². The van der Waals surface area contributed by atoms with Gasteiger partial charge in [-0.2, -0.15) is 5.10 Å². The zero-order valence-corrected chi connectivity index (χ0v) is 12.4. The van der Waals surface area contributed by atoms with Crippen molar-refractivity contribution in [1.82, 2.24) is 29.6 Å². The number of hydrogen-bond donors (Lipinski definition) is 0. The summed E-state index contributed by atoms with van der Waals surface area (Å²) < 4.78 is 1.80. The smallest absolute Gasteiger partial charge is 0.274 e. The Balaban J connectivity index is 1.79. The first-order valence-corrected chi connectivity index (χ1v) is 7.15. The molecule has 8 heteroatoms. The normalized spacial score (nSPS) is 18.8. The maximum absolute atomic E-state index is 12.6. The van der Waals surface area contributed by atoms with Crippen molar-refractivity contribution >= 4 is 17.5 Å². The van der Waals surface area contributed by atoms with Gasteiger partial charge in [-0.3, -0.25) is 4.79 Å². The molecular weight excluding hydrogens is 292 g/mol. The summed E-state index contributed by atoms with van der Waals surface area (Å²) in [5.41, 5.74) is 0.267. The number of carbonyl (C=O) groups excluding carboxylic acids is 1. The fourth-order valence-electron chi connectivity index (χ4n) is 2.52. The van der Waals surface area contributed by atoms with Crippen LogP contribution in [0.5, 0.6) is 0 Å². The number of amides is 1. The molecule has 1 fully saturated rings. The minimum absolute atomic E-state index is 0.145. The van der Waals surface area contributed by atoms with Crippen LogP contribution in [0.3, 0.4) is 0 Å². The van der Waals surface area contributed by atoms with E-state index in [1.165, 1.54) is 12.5 Å². The maximum atomic E-state index is 12.6. The molecule has 110 valence electrons. The Morgan fingerprint density at radius 1 is 1.48 bits per heavy atom. The van der Waals surface area contributed by atoms with Gasteiger partial charge in [0.25, 0.3) is 5.91 Å². The highest BCUT2D eigenvalue weighted by atomic mass is 35.5. The molecule has 3 rings (SSSR count). The van der Waals surface area contributed by atoms with Crippen molar-refractivity contribution in [3.05, 3.63) is 35.4 Å². The average Bonchev–Trinajstić information content (AvgIpc) is 3.03. The highest BCUT2D eigenvalue weighted by Gasteiger charge is 2.27. The summed E-state index contributed by atoms with van der Waals surface area (Å²) in [6, 6.07) is 0.145. The Labute approximate surface area is 127 Å². The van der Waals surface area contributed by atoms with E-state index in [0.29, 0.717) is 18.9 Å². The van der Waals surface area contributed by atoms with Gasteiger partial charge in [-0.15, -0.1) is 0 Å². The number of nitrogens with zero attached hydrogens (tertiary/aromatic N) is 6. The van der Waals surface area contributed by atoms with Crippen molar-refractivity contribution in [1.29, 1.82) is 0 Å². The number of aryl methyl sites for hydroxylation is 1. The van der Waals surface area contributed by atoms with Crippen LogP contribution in [-0.2, 0) is 0 Å². The SMILES string of the molecule is Cc1ncc(Cl)c(C(=O)N2CCC[C@@H](n3cncn3)C2)n1. The van der Waals surface area contributed by atoms with Gasteiger partial charge in [0.05, 0.1) is 17.3 Å². The zero-order valence-electron chi connectivity index (χ0n) is 11.6. The zero-order chi connectivity index (χ0) is 14.8. The number of aromatic nitrogens is 5. The van der Waals surface area contributed by atoms with Crippen LogP contribution in [0, 0.1) is 6.92 Å². The topological polar surface area (TPSA) is 76.8 Å². The number of piperidine rings is 1. The van der Waals surface area contributed by atoms with Crippen LogP contribution < -0.4 is 0 Å². The molecule has 0 spiro atoms. The summed E-state index contributed by atoms with van der Waals surface area (Å²) in [5.74, 6) is 0.378. The summed E-state index contributed by atoms with van der Waals surface area (Å²) >= 11 is 6.05. The van der Waals surface area contributed by atoms with Gasteiger partial charge in [-0.05, 0) is 19.8 Å². The third kappa shape index (κ3) is 2.87. The molecule has 2 aromatic heterocycles. The van der Waals surface area contributed by atoms with Crippen molar-refractivity contribution < 1.29 is 4.79 Å². The van der Waals surface area contributed by atoms with Crippen LogP contribution >= 0.6 is 11.6 Å². The maximum Gasteiger partial charge on any atom is 0.274 e. The van der Waals surface area contributed by atoms with E-state index in [9.17, 15) is 4.79 Å². The van der Waals surface area contributed by atoms with Gasteiger partial charge < -0.3 is 4.90 Å². The Morgan fingerprint density at radius 2 is 2.33 bits per heavy atom. The van der Waals surface area contributed by atoms with Gasteiger partial charge in [0.1, 0.15) is 18.5 Å². The van der Waals surface area contributed by atoms with Gasteiger partial charge >= 0.3 is 0 Å². The fourth-order valence-corrected chi connectivity index (χ4v) is 2.69. The summed E-state index contributed by atoms with van der Waals surface area (Å²) in [5, 5.41) is 4.44. The van der Waals surface area contributed by atoms with E-state index in [-0.39, 0.29) is 22.7 Å². The van der Waals surface area contributed by atoms with Crippen LogP contribution in [-0.4, -0.2) is 48.6 Å². The van der Waals surface area contributed by atoms with Crippen molar-refractivity contribution in [3.8, 4) is 0 Å². The predicted octanol–water partition coefficient (Wildman–Crippen LogP) is 1.51. The number of likely N-dealkylation sites (tertiary alicyclic amines) is 1. The minimum Gasteiger partial charge on any atom is -0.335 e. The molecule has 0 saturated carbocycles. The van der Waals surface area contributed by atoms with Crippen molar-refractivity contribution in [2.75, 3.05) is 13.1 Å². The second kappa shape index (κ2) is 5.77. The Hall–Kier alpha value is -2.02. The lowest BCUT2D eigenvalue weighted by atomic mass is 10.1. The number of carbonyl (C=O) groups is 1. The summed E-state index contributed by atoms with van der Waals surface area (Å²) in [4.78, 5) is 26.5. The van der Waals surface area contributed by atoms with Crippen molar-refractivity contribution in [2.45, 2.75) is 25.8 Å². The molecule has 0 aromatic carbocycles. The number of hydrogen-bond acceptors (Lipinski definition) is 5. The highest BCUT2D eigenvalue weighted by molar-refractivity contribution is 6.33. The van der Waals surface area contributed by atoms with Gasteiger partial charge in [0, 0.05) is 13.1 Å². The first-order valence-electron chi connectivity index (χ1n) is 6.77. The third-order valence-corrected chi connectivity index (χ3v) is 3.84. The highest BCUT2D eigenvalue weighted by Crippen LogP contribution is 2.23. The molecule has 2 aromatic rings. The van der Waals surface area contributed by atoms with E-state index in [1.54, 1.807) is 22.8 Å². The Morgan fingerprint density at radius 3 is 3.10 bits per heavy atom. The van der Waals surface area contributed by atoms with E-state index in [1.807, 2.05) is 0 Å². The van der Waals surface area contributed by atoms with Crippen molar-refractivity contribution in [2.24, 2.45) is 0 Å². The first-order chi connectivity index (χ1) is 10.1. The van der Waals surface area contributed by atoms with E-state index < -0.39 is 0 Å². The van der Waals surface area contributed by atoms with Crippen LogP contribution in [0.25, 0.3) is 0 Å². The molecule has 1 aliphatic heterocycles. The molecular formula is C13H15ClN6O. The first kappa shape index (κ1) is 13.9. The molecule has 1 amide bonds. The number of rotatable bonds is 2. The lowest BCUT2D eigenvalue weighted by Gasteiger charge is -2.32. The van der Waals surface area contributed by atoms with Gasteiger partial charge in [-0.25, -0.2) is 19.6 Å². The molecule has 0 radical (unpaired) electrons. The van der Waals surface area contributed by atoms with Crippen LogP contribution in [0.1, 0.15) is 35.2 Å². The summed E-state index contributed by atoms with van der Waals surface area (Å²) in [6.45, 7) is 3.02. The Bertz CT molecular complexity index is 644. The summed E-state index contributed by atoms with van der Waals surface area (Å²) in [6.07, 6.45) is 6.55. The Kier molecular flexibility index (Phi) is 3.83. The quantitative estimate of drug-likeness (QED) is 0.840.